The third-order valence-electron chi connectivity index (χ3n) is 2.27. The first-order valence-electron chi connectivity index (χ1n) is 4.86. The Kier molecular flexibility index (Phi) is 3.27. The topological polar surface area (TPSA) is 38.2 Å². The van der Waals surface area contributed by atoms with Crippen molar-refractivity contribution in [3.8, 4) is 0 Å². The van der Waals surface area contributed by atoms with Gasteiger partial charge in [-0.3, -0.25) is 0 Å². The van der Waals surface area contributed by atoms with Crippen LogP contribution in [-0.2, 0) is 4.74 Å². The molecule has 1 saturated heterocycles. The fraction of sp³-hybridized carbons (Fsp3) is 0.778. The monoisotopic (exact) mass is 291 g/mol. The normalized spacial score (nSPS) is 25.5. The second-order valence-electron chi connectivity index (χ2n) is 4.26. The molecule has 0 amide bonds. The molecule has 0 N–H and O–H groups in total. The quantitative estimate of drug-likeness (QED) is 0.781. The molecule has 84 valence electrons. The molecule has 0 spiro atoms. The number of alkyl halides is 1. The number of aromatic nitrogens is 2. The largest absolute Gasteiger partial charge is 0.368 e. The van der Waals surface area contributed by atoms with Gasteiger partial charge in [0.05, 0.1) is 11.7 Å². The number of hydrogen-bond acceptors (Lipinski definition) is 5. The average Bonchev–Trinajstić information content (AvgIpc) is 2.68. The highest BCUT2D eigenvalue weighted by Gasteiger charge is 2.33. The van der Waals surface area contributed by atoms with Crippen LogP contribution >= 0.6 is 27.5 Å². The molecule has 6 heteroatoms. The molecule has 1 atom stereocenters. The average molecular weight is 292 g/mol. The van der Waals surface area contributed by atoms with E-state index in [2.05, 4.69) is 44.0 Å². The summed E-state index contributed by atoms with van der Waals surface area (Å²) >= 11 is 4.91. The Balaban J connectivity index is 2.13. The van der Waals surface area contributed by atoms with Crippen LogP contribution < -0.4 is 4.90 Å². The van der Waals surface area contributed by atoms with Gasteiger partial charge in [-0.1, -0.05) is 15.9 Å². The minimum atomic E-state index is -0.123. The van der Waals surface area contributed by atoms with E-state index in [0.29, 0.717) is 0 Å². The summed E-state index contributed by atoms with van der Waals surface area (Å²) < 4.78 is 9.95. The standard InChI is InChI=1S/C9H14BrN3OS/c1-9(2)5-13(4-7(3-10)14-9)8-11-6-12-15-8/h6-7H,3-5H2,1-2H3. The van der Waals surface area contributed by atoms with E-state index in [-0.39, 0.29) is 11.7 Å². The van der Waals surface area contributed by atoms with E-state index >= 15 is 0 Å². The van der Waals surface area contributed by atoms with Crippen LogP contribution in [0.4, 0.5) is 5.13 Å². The maximum absolute atomic E-state index is 5.92. The minimum Gasteiger partial charge on any atom is -0.368 e. The summed E-state index contributed by atoms with van der Waals surface area (Å²) in [5, 5.41) is 1.84. The smallest absolute Gasteiger partial charge is 0.205 e. The summed E-state index contributed by atoms with van der Waals surface area (Å²) in [6.07, 6.45) is 1.82. The Morgan fingerprint density at radius 1 is 1.73 bits per heavy atom. The second-order valence-corrected chi connectivity index (χ2v) is 5.66. The third kappa shape index (κ3) is 2.68. The first kappa shape index (κ1) is 11.3. The summed E-state index contributed by atoms with van der Waals surface area (Å²) in [5.41, 5.74) is -0.123. The molecule has 1 unspecified atom stereocenters. The van der Waals surface area contributed by atoms with E-state index in [1.165, 1.54) is 11.5 Å². The maximum atomic E-state index is 5.92. The van der Waals surface area contributed by atoms with Crippen LogP contribution in [-0.4, -0.2) is 39.5 Å². The van der Waals surface area contributed by atoms with E-state index in [4.69, 9.17) is 4.74 Å². The lowest BCUT2D eigenvalue weighted by atomic mass is 10.1. The third-order valence-corrected chi connectivity index (χ3v) is 3.72. The number of hydrogen-bond donors (Lipinski definition) is 0. The van der Waals surface area contributed by atoms with Gasteiger partial charge in [0.2, 0.25) is 5.13 Å². The van der Waals surface area contributed by atoms with Crippen LogP contribution in [0.2, 0.25) is 0 Å². The second kappa shape index (κ2) is 4.35. The van der Waals surface area contributed by atoms with Crippen molar-refractivity contribution in [2.75, 3.05) is 23.3 Å². The van der Waals surface area contributed by atoms with Crippen molar-refractivity contribution in [2.45, 2.75) is 25.6 Å². The molecule has 1 aliphatic rings. The van der Waals surface area contributed by atoms with Crippen molar-refractivity contribution in [3.05, 3.63) is 6.33 Å². The first-order chi connectivity index (χ1) is 7.11. The Morgan fingerprint density at radius 3 is 3.13 bits per heavy atom. The Bertz CT molecular complexity index is 317. The number of rotatable bonds is 2. The van der Waals surface area contributed by atoms with Gasteiger partial charge in [-0.15, -0.1) is 0 Å². The number of nitrogens with zero attached hydrogens (tertiary/aromatic N) is 3. The zero-order valence-corrected chi connectivity index (χ0v) is 11.2. The highest BCUT2D eigenvalue weighted by atomic mass is 79.9. The molecular weight excluding hydrogens is 278 g/mol. The van der Waals surface area contributed by atoms with Crippen molar-refractivity contribution in [2.24, 2.45) is 0 Å². The molecule has 1 aromatic rings. The summed E-state index contributed by atoms with van der Waals surface area (Å²) in [6, 6.07) is 0. The fourth-order valence-electron chi connectivity index (χ4n) is 1.83. The van der Waals surface area contributed by atoms with Gasteiger partial charge in [-0.25, -0.2) is 4.98 Å². The fourth-order valence-corrected chi connectivity index (χ4v) is 2.70. The summed E-state index contributed by atoms with van der Waals surface area (Å²) in [5.74, 6) is 0. The molecule has 1 fully saturated rings. The van der Waals surface area contributed by atoms with Crippen LogP contribution in [0, 0.1) is 0 Å². The van der Waals surface area contributed by atoms with Crippen LogP contribution in [0.5, 0.6) is 0 Å². The molecule has 0 radical (unpaired) electrons. The van der Waals surface area contributed by atoms with E-state index in [1.54, 1.807) is 6.33 Å². The first-order valence-corrected chi connectivity index (χ1v) is 6.75. The van der Waals surface area contributed by atoms with Gasteiger partial charge in [0.15, 0.2) is 0 Å². The lowest BCUT2D eigenvalue weighted by Crippen LogP contribution is -2.53. The number of anilines is 1. The van der Waals surface area contributed by atoms with Crippen molar-refractivity contribution >= 4 is 32.6 Å². The van der Waals surface area contributed by atoms with Crippen molar-refractivity contribution in [1.82, 2.24) is 9.36 Å². The van der Waals surface area contributed by atoms with Gasteiger partial charge >= 0.3 is 0 Å². The maximum Gasteiger partial charge on any atom is 0.205 e. The highest BCUT2D eigenvalue weighted by molar-refractivity contribution is 9.09. The van der Waals surface area contributed by atoms with Crippen molar-refractivity contribution < 1.29 is 4.74 Å². The van der Waals surface area contributed by atoms with Crippen LogP contribution in [0.1, 0.15) is 13.8 Å². The lowest BCUT2D eigenvalue weighted by molar-refractivity contribution is -0.0724. The summed E-state index contributed by atoms with van der Waals surface area (Å²) in [6.45, 7) is 5.96. The minimum absolute atomic E-state index is 0.123. The van der Waals surface area contributed by atoms with E-state index in [0.717, 1.165) is 23.6 Å². The van der Waals surface area contributed by atoms with Gasteiger partial charge in [-0.05, 0) is 13.8 Å². The van der Waals surface area contributed by atoms with E-state index in [9.17, 15) is 0 Å². The molecule has 2 rings (SSSR count). The van der Waals surface area contributed by atoms with Crippen molar-refractivity contribution in [1.29, 1.82) is 0 Å². The SMILES string of the molecule is CC1(C)CN(c2ncns2)CC(CBr)O1. The van der Waals surface area contributed by atoms with Gasteiger partial charge in [0, 0.05) is 30.0 Å². The Hall–Kier alpha value is -0.200. The van der Waals surface area contributed by atoms with Gasteiger partial charge in [-0.2, -0.15) is 4.37 Å². The zero-order chi connectivity index (χ0) is 10.9. The van der Waals surface area contributed by atoms with E-state index in [1.807, 2.05) is 0 Å². The Labute approximate surface area is 102 Å². The molecule has 1 aromatic heterocycles. The summed E-state index contributed by atoms with van der Waals surface area (Å²) in [7, 11) is 0. The number of halogens is 1. The highest BCUT2D eigenvalue weighted by Crippen LogP contribution is 2.26. The zero-order valence-electron chi connectivity index (χ0n) is 8.81. The Morgan fingerprint density at radius 2 is 2.53 bits per heavy atom. The molecule has 0 aromatic carbocycles. The molecular formula is C9H14BrN3OS. The predicted molar refractivity (Wildman–Crippen MR) is 64.9 cm³/mol. The number of morpholine rings is 1. The van der Waals surface area contributed by atoms with Gasteiger partial charge in [0.1, 0.15) is 6.33 Å². The molecule has 2 heterocycles. The van der Waals surface area contributed by atoms with Gasteiger partial charge < -0.3 is 9.64 Å². The molecule has 4 nitrogen and oxygen atoms in total. The summed E-state index contributed by atoms with van der Waals surface area (Å²) in [4.78, 5) is 6.48. The lowest BCUT2D eigenvalue weighted by Gasteiger charge is -2.42. The predicted octanol–water partition coefficient (Wildman–Crippen LogP) is 1.92. The van der Waals surface area contributed by atoms with Crippen LogP contribution in [0.25, 0.3) is 0 Å². The van der Waals surface area contributed by atoms with Crippen LogP contribution in [0.3, 0.4) is 0 Å². The molecule has 15 heavy (non-hydrogen) atoms. The molecule has 0 bridgehead atoms. The molecule has 0 saturated carbocycles. The van der Waals surface area contributed by atoms with Gasteiger partial charge in [0.25, 0.3) is 0 Å². The van der Waals surface area contributed by atoms with E-state index < -0.39 is 0 Å². The van der Waals surface area contributed by atoms with Crippen molar-refractivity contribution in [3.63, 3.8) is 0 Å². The molecule has 1 aliphatic heterocycles. The van der Waals surface area contributed by atoms with Crippen LogP contribution in [0.15, 0.2) is 6.33 Å². The molecule has 0 aliphatic carbocycles. The number of ether oxygens (including phenoxy) is 1.